The first-order valence-electron chi connectivity index (χ1n) is 19.5. The molecule has 14 nitrogen and oxygen atoms in total. The highest BCUT2D eigenvalue weighted by molar-refractivity contribution is 6.00. The highest BCUT2D eigenvalue weighted by Crippen LogP contribution is 2.40. The van der Waals surface area contributed by atoms with Crippen molar-refractivity contribution in [2.45, 2.75) is 142 Å². The summed E-state index contributed by atoms with van der Waals surface area (Å²) in [6.07, 6.45) is -4.95. The van der Waals surface area contributed by atoms with Crippen LogP contribution in [0.3, 0.4) is 0 Å². The zero-order valence-corrected chi connectivity index (χ0v) is 34.4. The number of fused-ring (bicyclic) bond motifs is 5. The monoisotopic (exact) mass is 773 g/mol. The van der Waals surface area contributed by atoms with E-state index in [0.29, 0.717) is 17.8 Å². The van der Waals surface area contributed by atoms with Crippen molar-refractivity contribution in [3.05, 3.63) is 35.9 Å². The second-order valence-electron chi connectivity index (χ2n) is 16.3. The van der Waals surface area contributed by atoms with Crippen molar-refractivity contribution in [3.8, 4) is 0 Å². The van der Waals surface area contributed by atoms with Crippen molar-refractivity contribution < 1.29 is 53.1 Å². The molecule has 3 saturated heterocycles. The molecule has 3 aliphatic rings. The van der Waals surface area contributed by atoms with E-state index in [1.165, 1.54) is 20.8 Å². The Morgan fingerprint density at radius 1 is 1.04 bits per heavy atom. The number of aliphatic imine (C=N–C) groups is 1. The van der Waals surface area contributed by atoms with E-state index in [0.717, 1.165) is 5.56 Å². The Kier molecular flexibility index (Phi) is 15.3. The van der Waals surface area contributed by atoms with E-state index < -0.39 is 83.2 Å². The van der Waals surface area contributed by atoms with E-state index in [9.17, 15) is 24.6 Å². The number of amides is 1. The Morgan fingerprint density at radius 3 is 2.33 bits per heavy atom. The Labute approximate surface area is 325 Å². The topological polar surface area (TPSA) is 175 Å². The summed E-state index contributed by atoms with van der Waals surface area (Å²) in [6, 6.07) is 9.21. The van der Waals surface area contributed by atoms with Gasteiger partial charge in [-0.3, -0.25) is 14.4 Å². The van der Waals surface area contributed by atoms with Gasteiger partial charge in [-0.1, -0.05) is 63.2 Å². The van der Waals surface area contributed by atoms with Crippen LogP contribution in [0.5, 0.6) is 0 Å². The molecular weight excluding hydrogens is 710 g/mol. The number of hydrogen-bond acceptors (Lipinski definition) is 13. The number of hydrogen-bond donors (Lipinski definition) is 2. The van der Waals surface area contributed by atoms with E-state index in [2.05, 4.69) is 10.1 Å². The molecular formula is C41H63N3O11. The van der Waals surface area contributed by atoms with Crippen molar-refractivity contribution in [3.63, 3.8) is 0 Å². The predicted molar refractivity (Wildman–Crippen MR) is 205 cm³/mol. The maximum absolute atomic E-state index is 14.4. The molecule has 1 unspecified atom stereocenters. The van der Waals surface area contributed by atoms with Crippen LogP contribution in [-0.4, -0.2) is 126 Å². The quantitative estimate of drug-likeness (QED) is 0.231. The minimum absolute atomic E-state index is 0.145. The molecule has 1 aromatic carbocycles. The van der Waals surface area contributed by atoms with Gasteiger partial charge in [-0.2, -0.15) is 0 Å². The van der Waals surface area contributed by atoms with Crippen LogP contribution < -0.4 is 0 Å². The smallest absolute Gasteiger partial charge is 0.316 e. The number of benzene rings is 1. The van der Waals surface area contributed by atoms with Gasteiger partial charge in [0.25, 0.3) is 0 Å². The van der Waals surface area contributed by atoms with Crippen molar-refractivity contribution >= 4 is 29.1 Å². The van der Waals surface area contributed by atoms with Gasteiger partial charge in [0.2, 0.25) is 5.91 Å². The lowest BCUT2D eigenvalue weighted by Crippen LogP contribution is -2.60. The second kappa shape index (κ2) is 18.9. The van der Waals surface area contributed by atoms with Gasteiger partial charge < -0.3 is 43.6 Å². The van der Waals surface area contributed by atoms with Crippen molar-refractivity contribution in [2.75, 3.05) is 27.3 Å². The molecule has 0 aliphatic carbocycles. The molecule has 55 heavy (non-hydrogen) atoms. The summed E-state index contributed by atoms with van der Waals surface area (Å²) < 4.78 is 32.3. The van der Waals surface area contributed by atoms with Crippen LogP contribution in [0.25, 0.3) is 0 Å². The summed E-state index contributed by atoms with van der Waals surface area (Å²) in [4.78, 5) is 53.2. The standard InChI is InChI=1S/C41H63N3O11/c1-12-32-41(9,49)37-25(4)33(42-28(7)45)23(2)19-40(8,51-22-30(21-50-37)43-52-20-29-16-14-13-15-17-29)36(26(5)34(46)27(6)38(48)54-32)55-39-35(47)31(44(10)11)18-24(3)53-39/h13-17,23-27,31-32,35-37,39,47,49H,12,18-22H2,1-11H3/b42-33?,43-30+/t23-,24-,25+,26+,27-,31+,32-,35-,36-,37?,39+,40-,41-/m1/s1. The van der Waals surface area contributed by atoms with Crippen LogP contribution in [-0.2, 0) is 49.5 Å². The highest BCUT2D eigenvalue weighted by atomic mass is 16.7. The molecule has 3 fully saturated rings. The lowest BCUT2D eigenvalue weighted by atomic mass is 9.73. The van der Waals surface area contributed by atoms with Gasteiger partial charge in [0, 0.05) is 30.5 Å². The molecule has 0 radical (unpaired) electrons. The fourth-order valence-electron chi connectivity index (χ4n) is 8.38. The number of rotatable bonds is 7. The number of cyclic esters (lactones) is 1. The number of carbonyl (C=O) groups is 3. The Hall–Kier alpha value is -3.11. The molecule has 0 aromatic heterocycles. The van der Waals surface area contributed by atoms with Crippen LogP contribution in [0.4, 0.5) is 0 Å². The first-order valence-corrected chi connectivity index (χ1v) is 19.5. The number of oxime groups is 1. The lowest BCUT2D eigenvalue weighted by Gasteiger charge is -2.47. The molecule has 4 rings (SSSR count). The minimum atomic E-state index is -1.83. The van der Waals surface area contributed by atoms with E-state index in [4.69, 9.17) is 28.5 Å². The van der Waals surface area contributed by atoms with Crippen molar-refractivity contribution in [1.82, 2.24) is 4.90 Å². The minimum Gasteiger partial charge on any atom is -0.459 e. The number of carbonyl (C=O) groups excluding carboxylic acids is 3. The van der Waals surface area contributed by atoms with Gasteiger partial charge in [-0.25, -0.2) is 4.99 Å². The largest absolute Gasteiger partial charge is 0.459 e. The average Bonchev–Trinajstić information content (AvgIpc) is 3.14. The summed E-state index contributed by atoms with van der Waals surface area (Å²) >= 11 is 0. The third-order valence-electron chi connectivity index (χ3n) is 11.4. The SMILES string of the molecule is CC[C@H]1OC(=O)[C@H](C)C(=O)[C@H](C)[C@@H](O[C@@H]2O[C@H](C)C[C@H](N(C)C)[C@H]2O)[C@@]2(C)C[C@@H](C)C(=NC(C)=O)[C@H](C)C(OC/C(=N\OCc3ccccc3)CO2)[C@]1(C)O. The molecule has 2 N–H and O–H groups in total. The molecule has 0 spiro atoms. The number of aliphatic hydroxyl groups excluding tert-OH is 1. The Bertz CT molecular complexity index is 1530. The van der Waals surface area contributed by atoms with Crippen LogP contribution in [0.1, 0.15) is 87.1 Å². The molecule has 1 aromatic rings. The van der Waals surface area contributed by atoms with Gasteiger partial charge in [0.15, 0.2) is 12.1 Å². The number of ketones is 1. The molecule has 3 aliphatic heterocycles. The molecule has 3 heterocycles. The third-order valence-corrected chi connectivity index (χ3v) is 11.4. The van der Waals surface area contributed by atoms with Crippen molar-refractivity contribution in [1.29, 1.82) is 0 Å². The number of Topliss-reactive ketones (excluding diaryl/α,β-unsaturated/α-hetero) is 1. The zero-order chi connectivity index (χ0) is 40.8. The fraction of sp³-hybridized carbons (Fsp3) is 0.732. The summed E-state index contributed by atoms with van der Waals surface area (Å²) in [5, 5.41) is 28.4. The molecule has 2 bridgehead atoms. The first-order chi connectivity index (χ1) is 25.8. The maximum Gasteiger partial charge on any atom is 0.316 e. The predicted octanol–water partition coefficient (Wildman–Crippen LogP) is 4.12. The number of likely N-dealkylation sites (N-methyl/N-ethyl adjacent to an activating group) is 1. The molecule has 14 heteroatoms. The molecule has 0 saturated carbocycles. The summed E-state index contributed by atoms with van der Waals surface area (Å²) in [5.41, 5.74) is -1.55. The number of ether oxygens (including phenoxy) is 5. The number of nitrogens with zero attached hydrogens (tertiary/aromatic N) is 3. The molecule has 1 amide bonds. The Balaban J connectivity index is 1.94. The first kappa shape index (κ1) is 44.6. The number of aliphatic hydroxyl groups is 2. The summed E-state index contributed by atoms with van der Waals surface area (Å²) in [5.74, 6) is -5.21. The fourth-order valence-corrected chi connectivity index (χ4v) is 8.38. The second-order valence-corrected chi connectivity index (χ2v) is 16.3. The third kappa shape index (κ3) is 10.6. The summed E-state index contributed by atoms with van der Waals surface area (Å²) in [6.45, 7) is 15.0. The van der Waals surface area contributed by atoms with Gasteiger partial charge in [-0.05, 0) is 72.5 Å². The Morgan fingerprint density at radius 2 is 1.71 bits per heavy atom. The molecule has 308 valence electrons. The normalized spacial score (nSPS) is 39.9. The van der Waals surface area contributed by atoms with Crippen LogP contribution in [0.2, 0.25) is 0 Å². The van der Waals surface area contributed by atoms with Crippen molar-refractivity contribution in [2.24, 2.45) is 33.8 Å². The van der Waals surface area contributed by atoms with Crippen LogP contribution in [0, 0.1) is 23.7 Å². The van der Waals surface area contributed by atoms with E-state index >= 15 is 0 Å². The highest BCUT2D eigenvalue weighted by Gasteiger charge is 2.53. The summed E-state index contributed by atoms with van der Waals surface area (Å²) in [7, 11) is 3.74. The van der Waals surface area contributed by atoms with E-state index in [1.807, 2.05) is 70.1 Å². The van der Waals surface area contributed by atoms with E-state index in [-0.39, 0.29) is 44.8 Å². The average molecular weight is 774 g/mol. The van der Waals surface area contributed by atoms with E-state index in [1.54, 1.807) is 20.8 Å². The molecule has 13 atom stereocenters. The van der Waals surface area contributed by atoms with Gasteiger partial charge >= 0.3 is 5.97 Å². The zero-order valence-electron chi connectivity index (χ0n) is 34.4. The van der Waals surface area contributed by atoms with Crippen LogP contribution >= 0.6 is 0 Å². The van der Waals surface area contributed by atoms with Crippen LogP contribution in [0.15, 0.2) is 40.5 Å². The van der Waals surface area contributed by atoms with Gasteiger partial charge in [-0.15, -0.1) is 0 Å². The lowest BCUT2D eigenvalue weighted by molar-refractivity contribution is -0.296. The maximum atomic E-state index is 14.4. The number of esters is 1. The van der Waals surface area contributed by atoms with Gasteiger partial charge in [0.05, 0.1) is 37.1 Å². The van der Waals surface area contributed by atoms with Gasteiger partial charge in [0.1, 0.15) is 36.0 Å².